The van der Waals surface area contributed by atoms with Crippen molar-refractivity contribution in [2.24, 2.45) is 0 Å². The zero-order valence-corrected chi connectivity index (χ0v) is 12.3. The average Bonchev–Trinajstić information content (AvgIpc) is 2.82. The normalized spacial score (nSPS) is 11.7. The summed E-state index contributed by atoms with van der Waals surface area (Å²) in [5, 5.41) is 5.63. The van der Waals surface area contributed by atoms with Gasteiger partial charge < -0.3 is 0 Å². The predicted molar refractivity (Wildman–Crippen MR) is 81.8 cm³/mol. The van der Waals surface area contributed by atoms with Gasteiger partial charge in [-0.3, -0.25) is 0 Å². The van der Waals surface area contributed by atoms with Crippen molar-refractivity contribution in [1.82, 2.24) is 14.6 Å². The molecule has 96 valence electrons. The summed E-state index contributed by atoms with van der Waals surface area (Å²) in [5.41, 5.74) is 5.58. The minimum atomic E-state index is 0.710. The van der Waals surface area contributed by atoms with Gasteiger partial charge in [0.05, 0.1) is 11.9 Å². The Morgan fingerprint density at radius 2 is 1.95 bits per heavy atom. The number of aromatic nitrogens is 3. The molecule has 3 rings (SSSR count). The molecule has 0 saturated heterocycles. The van der Waals surface area contributed by atoms with Crippen molar-refractivity contribution in [3.63, 3.8) is 0 Å². The maximum Gasteiger partial charge on any atom is 0.163 e. The maximum atomic E-state index is 4.81. The van der Waals surface area contributed by atoms with Gasteiger partial charge in [0.25, 0.3) is 0 Å². The molecule has 0 amide bonds. The summed E-state index contributed by atoms with van der Waals surface area (Å²) in [7, 11) is 0.710. The third-order valence-corrected chi connectivity index (χ3v) is 4.23. The lowest BCUT2D eigenvalue weighted by atomic mass is 10.1. The Bertz CT molecular complexity index is 746. The summed E-state index contributed by atoms with van der Waals surface area (Å²) in [6.07, 6.45) is 1.93. The molecule has 1 atom stereocenters. The number of hydrogen-bond acceptors (Lipinski definition) is 2. The second kappa shape index (κ2) is 4.75. The van der Waals surface area contributed by atoms with Gasteiger partial charge in [-0.2, -0.15) is 5.10 Å². The monoisotopic (exact) mass is 269 g/mol. The van der Waals surface area contributed by atoms with Gasteiger partial charge >= 0.3 is 0 Å². The molecule has 0 N–H and O–H groups in total. The lowest BCUT2D eigenvalue weighted by molar-refractivity contribution is 0.896. The number of nitrogens with zero attached hydrogens (tertiary/aromatic N) is 3. The van der Waals surface area contributed by atoms with Gasteiger partial charge in [0.2, 0.25) is 0 Å². The predicted octanol–water partition coefficient (Wildman–Crippen LogP) is 2.95. The van der Waals surface area contributed by atoms with Gasteiger partial charge in [-0.05, 0) is 32.1 Å². The fraction of sp³-hybridized carbons (Fsp3) is 0.200. The van der Waals surface area contributed by atoms with E-state index in [0.29, 0.717) is 8.58 Å². The first-order chi connectivity index (χ1) is 9.20. The Kier molecular flexibility index (Phi) is 3.08. The molecule has 4 heteroatoms. The fourth-order valence-corrected chi connectivity index (χ4v) is 2.86. The highest BCUT2D eigenvalue weighted by Crippen LogP contribution is 2.23. The Morgan fingerprint density at radius 1 is 1.16 bits per heavy atom. The molecule has 3 aromatic rings. The SMILES string of the molecule is CPc1cnn2c(C)cc(-c3ccccc3C)nc12. The Balaban J connectivity index is 2.28. The molecule has 0 spiro atoms. The molecule has 0 radical (unpaired) electrons. The molecule has 2 heterocycles. The van der Waals surface area contributed by atoms with E-state index in [1.807, 2.05) is 10.7 Å². The molecule has 0 aliphatic heterocycles. The van der Waals surface area contributed by atoms with Crippen LogP contribution < -0.4 is 5.30 Å². The van der Waals surface area contributed by atoms with Crippen LogP contribution in [0, 0.1) is 13.8 Å². The van der Waals surface area contributed by atoms with Crippen molar-refractivity contribution < 1.29 is 0 Å². The maximum absolute atomic E-state index is 4.81. The summed E-state index contributed by atoms with van der Waals surface area (Å²) in [4.78, 5) is 4.81. The summed E-state index contributed by atoms with van der Waals surface area (Å²) in [6, 6.07) is 10.5. The molecule has 2 aromatic heterocycles. The molecule has 1 unspecified atom stereocenters. The standard InChI is InChI=1S/C15H16N3P/c1-10-6-4-5-7-12(10)13-8-11(2)18-15(17-13)14(19-3)9-16-18/h4-9,19H,1-3H3. The van der Waals surface area contributed by atoms with Gasteiger partial charge in [-0.15, -0.1) is 0 Å². The van der Waals surface area contributed by atoms with E-state index in [4.69, 9.17) is 4.98 Å². The third-order valence-electron chi connectivity index (χ3n) is 3.34. The van der Waals surface area contributed by atoms with Crippen LogP contribution in [0.1, 0.15) is 11.3 Å². The zero-order chi connectivity index (χ0) is 13.4. The van der Waals surface area contributed by atoms with Crippen LogP contribution in [0.5, 0.6) is 0 Å². The number of fused-ring (bicyclic) bond motifs is 1. The molecule has 0 bridgehead atoms. The molecule has 0 aliphatic carbocycles. The van der Waals surface area contributed by atoms with E-state index in [9.17, 15) is 0 Å². The topological polar surface area (TPSA) is 30.2 Å². The summed E-state index contributed by atoms with van der Waals surface area (Å²) in [6.45, 7) is 6.36. The van der Waals surface area contributed by atoms with E-state index < -0.39 is 0 Å². The largest absolute Gasteiger partial charge is 0.228 e. The van der Waals surface area contributed by atoms with E-state index in [1.54, 1.807) is 0 Å². The molecular formula is C15H16N3P. The second-order valence-corrected chi connectivity index (χ2v) is 5.68. The molecule has 19 heavy (non-hydrogen) atoms. The first kappa shape index (κ1) is 12.3. The zero-order valence-electron chi connectivity index (χ0n) is 11.3. The van der Waals surface area contributed by atoms with Crippen LogP contribution in [0.25, 0.3) is 16.9 Å². The van der Waals surface area contributed by atoms with Crippen molar-refractivity contribution in [3.8, 4) is 11.3 Å². The van der Waals surface area contributed by atoms with Gasteiger partial charge in [0.1, 0.15) is 0 Å². The lowest BCUT2D eigenvalue weighted by Gasteiger charge is -2.08. The van der Waals surface area contributed by atoms with Crippen LogP contribution in [-0.4, -0.2) is 21.3 Å². The summed E-state index contributed by atoms with van der Waals surface area (Å²) in [5.74, 6) is 0. The van der Waals surface area contributed by atoms with Crippen molar-refractivity contribution in [2.45, 2.75) is 13.8 Å². The quantitative estimate of drug-likeness (QED) is 0.670. The van der Waals surface area contributed by atoms with Gasteiger partial charge in [0, 0.05) is 16.6 Å². The summed E-state index contributed by atoms with van der Waals surface area (Å²) >= 11 is 0. The van der Waals surface area contributed by atoms with Gasteiger partial charge in [0.15, 0.2) is 5.65 Å². The molecule has 3 nitrogen and oxygen atoms in total. The van der Waals surface area contributed by atoms with Crippen LogP contribution in [-0.2, 0) is 0 Å². The first-order valence-electron chi connectivity index (χ1n) is 6.30. The third kappa shape index (κ3) is 2.04. The van der Waals surface area contributed by atoms with Crippen LogP contribution in [0.2, 0.25) is 0 Å². The summed E-state index contributed by atoms with van der Waals surface area (Å²) < 4.78 is 1.92. The number of rotatable bonds is 2. The molecule has 0 aliphatic rings. The Labute approximate surface area is 114 Å². The minimum Gasteiger partial charge on any atom is -0.228 e. The molecule has 0 fully saturated rings. The smallest absolute Gasteiger partial charge is 0.163 e. The highest BCUT2D eigenvalue weighted by Gasteiger charge is 2.10. The molecule has 1 aromatic carbocycles. The Morgan fingerprint density at radius 3 is 2.68 bits per heavy atom. The molecule has 0 saturated carbocycles. The number of aryl methyl sites for hydroxylation is 2. The van der Waals surface area contributed by atoms with E-state index in [1.165, 1.54) is 16.4 Å². The van der Waals surface area contributed by atoms with Crippen molar-refractivity contribution in [2.75, 3.05) is 6.66 Å². The van der Waals surface area contributed by atoms with E-state index in [-0.39, 0.29) is 0 Å². The Hall–Kier alpha value is -1.73. The van der Waals surface area contributed by atoms with E-state index >= 15 is 0 Å². The van der Waals surface area contributed by atoms with Crippen molar-refractivity contribution in [3.05, 3.63) is 47.8 Å². The molecular weight excluding hydrogens is 253 g/mol. The highest BCUT2D eigenvalue weighted by atomic mass is 31.1. The van der Waals surface area contributed by atoms with E-state index in [0.717, 1.165) is 17.0 Å². The van der Waals surface area contributed by atoms with Crippen LogP contribution in [0.4, 0.5) is 0 Å². The second-order valence-electron chi connectivity index (χ2n) is 4.64. The van der Waals surface area contributed by atoms with Crippen LogP contribution >= 0.6 is 8.58 Å². The number of benzene rings is 1. The first-order valence-corrected chi connectivity index (χ1v) is 7.80. The van der Waals surface area contributed by atoms with Crippen LogP contribution in [0.15, 0.2) is 36.5 Å². The number of hydrogen-bond donors (Lipinski definition) is 0. The fourth-order valence-electron chi connectivity index (χ4n) is 2.29. The minimum absolute atomic E-state index is 0.710. The highest BCUT2D eigenvalue weighted by molar-refractivity contribution is 7.46. The van der Waals surface area contributed by atoms with Gasteiger partial charge in [-0.25, -0.2) is 9.50 Å². The average molecular weight is 269 g/mol. The van der Waals surface area contributed by atoms with Crippen molar-refractivity contribution >= 4 is 19.5 Å². The van der Waals surface area contributed by atoms with E-state index in [2.05, 4.69) is 55.9 Å². The van der Waals surface area contributed by atoms with Gasteiger partial charge in [-0.1, -0.05) is 32.8 Å². The lowest BCUT2D eigenvalue weighted by Crippen LogP contribution is -2.02. The van der Waals surface area contributed by atoms with Crippen molar-refractivity contribution in [1.29, 1.82) is 0 Å². The van der Waals surface area contributed by atoms with Crippen LogP contribution in [0.3, 0.4) is 0 Å².